The molecular weight excluding hydrogens is 232 g/mol. The van der Waals surface area contributed by atoms with Gasteiger partial charge in [0.15, 0.2) is 0 Å². The van der Waals surface area contributed by atoms with E-state index < -0.39 is 0 Å². The highest BCUT2D eigenvalue weighted by atomic mass is 15.1. The van der Waals surface area contributed by atoms with Gasteiger partial charge in [-0.15, -0.1) is 0 Å². The number of likely N-dealkylation sites (tertiary alicyclic amines) is 1. The summed E-state index contributed by atoms with van der Waals surface area (Å²) >= 11 is 0. The minimum atomic E-state index is 0.642. The van der Waals surface area contributed by atoms with Gasteiger partial charge < -0.3 is 10.2 Å². The van der Waals surface area contributed by atoms with Crippen LogP contribution in [0.15, 0.2) is 18.2 Å². The summed E-state index contributed by atoms with van der Waals surface area (Å²) in [5.74, 6) is 0. The van der Waals surface area contributed by atoms with E-state index in [2.05, 4.69) is 49.2 Å². The maximum Gasteiger partial charge on any atom is 0.0347 e. The highest BCUT2D eigenvalue weighted by Gasteiger charge is 2.16. The summed E-state index contributed by atoms with van der Waals surface area (Å²) in [6, 6.07) is 7.41. The molecule has 0 aromatic heterocycles. The fourth-order valence-corrected chi connectivity index (χ4v) is 3.13. The maximum absolute atomic E-state index is 3.74. The lowest BCUT2D eigenvalue weighted by molar-refractivity contribution is 0.285. The lowest BCUT2D eigenvalue weighted by Crippen LogP contribution is -2.27. The fourth-order valence-electron chi connectivity index (χ4n) is 3.13. The minimum absolute atomic E-state index is 0.642. The largest absolute Gasteiger partial charge is 0.382 e. The van der Waals surface area contributed by atoms with Crippen LogP contribution in [0.25, 0.3) is 0 Å². The van der Waals surface area contributed by atoms with Gasteiger partial charge in [-0.05, 0) is 75.9 Å². The smallest absolute Gasteiger partial charge is 0.0347 e. The zero-order valence-corrected chi connectivity index (χ0v) is 12.7. The number of hydrogen-bond acceptors (Lipinski definition) is 2. The van der Waals surface area contributed by atoms with Gasteiger partial charge in [0.2, 0.25) is 0 Å². The average molecular weight is 260 g/mol. The van der Waals surface area contributed by atoms with E-state index in [1.165, 1.54) is 62.1 Å². The molecule has 1 atom stereocenters. The Bertz CT molecular complexity index is 380. The minimum Gasteiger partial charge on any atom is -0.382 e. The molecule has 1 fully saturated rings. The van der Waals surface area contributed by atoms with Crippen molar-refractivity contribution in [3.8, 4) is 0 Å². The van der Waals surface area contributed by atoms with E-state index in [1.54, 1.807) is 0 Å². The fraction of sp³-hybridized carbons (Fsp3) is 0.647. The molecule has 0 bridgehead atoms. The zero-order chi connectivity index (χ0) is 13.7. The summed E-state index contributed by atoms with van der Waals surface area (Å²) in [4.78, 5) is 2.61. The van der Waals surface area contributed by atoms with Gasteiger partial charge >= 0.3 is 0 Å². The predicted octanol–water partition coefficient (Wildman–Crippen LogP) is 3.98. The Hall–Kier alpha value is -1.02. The number of aryl methyl sites for hydroxylation is 2. The molecule has 0 amide bonds. The Morgan fingerprint density at radius 2 is 1.84 bits per heavy atom. The molecule has 1 N–H and O–H groups in total. The number of rotatable bonds is 4. The molecule has 106 valence electrons. The summed E-state index contributed by atoms with van der Waals surface area (Å²) < 4.78 is 0. The monoisotopic (exact) mass is 260 g/mol. The maximum atomic E-state index is 3.74. The van der Waals surface area contributed by atoms with Crippen LogP contribution in [-0.2, 0) is 0 Å². The Labute approximate surface area is 118 Å². The Balaban J connectivity index is 1.92. The Morgan fingerprint density at radius 1 is 1.11 bits per heavy atom. The topological polar surface area (TPSA) is 15.3 Å². The van der Waals surface area contributed by atoms with Gasteiger partial charge in [0.25, 0.3) is 0 Å². The van der Waals surface area contributed by atoms with Gasteiger partial charge in [-0.25, -0.2) is 0 Å². The standard InChI is InChI=1S/C17H28N2/c1-4-8-19-9-5-6-16(7-10-19)18-17-12-14(2)11-15(3)13-17/h11-13,16,18H,4-10H2,1-3H3. The third kappa shape index (κ3) is 4.54. The molecule has 1 unspecified atom stereocenters. The number of nitrogens with one attached hydrogen (secondary N) is 1. The van der Waals surface area contributed by atoms with Gasteiger partial charge in [-0.2, -0.15) is 0 Å². The van der Waals surface area contributed by atoms with Crippen molar-refractivity contribution in [2.24, 2.45) is 0 Å². The average Bonchev–Trinajstić information content (AvgIpc) is 2.54. The van der Waals surface area contributed by atoms with E-state index in [-0.39, 0.29) is 0 Å². The van der Waals surface area contributed by atoms with Crippen LogP contribution < -0.4 is 5.32 Å². The van der Waals surface area contributed by atoms with Gasteiger partial charge in [0, 0.05) is 18.3 Å². The summed E-state index contributed by atoms with van der Waals surface area (Å²) in [5, 5.41) is 3.74. The number of hydrogen-bond donors (Lipinski definition) is 1. The molecule has 19 heavy (non-hydrogen) atoms. The molecular formula is C17H28N2. The summed E-state index contributed by atoms with van der Waals surface area (Å²) in [6.07, 6.45) is 5.16. The summed E-state index contributed by atoms with van der Waals surface area (Å²) in [5.41, 5.74) is 4.00. The number of benzene rings is 1. The molecule has 0 spiro atoms. The third-order valence-electron chi connectivity index (χ3n) is 3.95. The third-order valence-corrected chi connectivity index (χ3v) is 3.95. The predicted molar refractivity (Wildman–Crippen MR) is 83.9 cm³/mol. The highest BCUT2D eigenvalue weighted by molar-refractivity contribution is 5.49. The highest BCUT2D eigenvalue weighted by Crippen LogP contribution is 2.19. The van der Waals surface area contributed by atoms with Gasteiger partial charge in [-0.1, -0.05) is 13.0 Å². The van der Waals surface area contributed by atoms with E-state index in [0.717, 1.165) is 0 Å². The molecule has 0 saturated carbocycles. The SMILES string of the molecule is CCCN1CCCC(Nc2cc(C)cc(C)c2)CC1. The van der Waals surface area contributed by atoms with Crippen LogP contribution in [0.2, 0.25) is 0 Å². The van der Waals surface area contributed by atoms with Crippen LogP contribution >= 0.6 is 0 Å². The number of anilines is 1. The normalized spacial score (nSPS) is 21.1. The van der Waals surface area contributed by atoms with E-state index in [0.29, 0.717) is 6.04 Å². The van der Waals surface area contributed by atoms with E-state index in [9.17, 15) is 0 Å². The quantitative estimate of drug-likeness (QED) is 0.881. The van der Waals surface area contributed by atoms with Crippen molar-refractivity contribution >= 4 is 5.69 Å². The van der Waals surface area contributed by atoms with Crippen molar-refractivity contribution in [3.05, 3.63) is 29.3 Å². The molecule has 1 aliphatic rings. The molecule has 1 aromatic carbocycles. The molecule has 0 radical (unpaired) electrons. The zero-order valence-electron chi connectivity index (χ0n) is 12.7. The van der Waals surface area contributed by atoms with Crippen LogP contribution in [0.1, 0.15) is 43.7 Å². The summed E-state index contributed by atoms with van der Waals surface area (Å²) in [6.45, 7) is 10.4. The lowest BCUT2D eigenvalue weighted by atomic mass is 10.1. The second-order valence-corrected chi connectivity index (χ2v) is 5.99. The molecule has 1 heterocycles. The first kappa shape index (κ1) is 14.4. The van der Waals surface area contributed by atoms with Crippen LogP contribution in [0, 0.1) is 13.8 Å². The van der Waals surface area contributed by atoms with Gasteiger partial charge in [-0.3, -0.25) is 0 Å². The first-order valence-electron chi connectivity index (χ1n) is 7.74. The molecule has 0 aliphatic carbocycles. The van der Waals surface area contributed by atoms with E-state index >= 15 is 0 Å². The first-order valence-corrected chi connectivity index (χ1v) is 7.74. The second-order valence-electron chi connectivity index (χ2n) is 5.99. The number of nitrogens with zero attached hydrogens (tertiary/aromatic N) is 1. The van der Waals surface area contributed by atoms with Crippen LogP contribution in [0.3, 0.4) is 0 Å². The van der Waals surface area contributed by atoms with Gasteiger partial charge in [0.1, 0.15) is 0 Å². The molecule has 2 heteroatoms. The van der Waals surface area contributed by atoms with Crippen molar-refractivity contribution in [1.82, 2.24) is 4.90 Å². The Kier molecular flexibility index (Phi) is 5.26. The van der Waals surface area contributed by atoms with Crippen molar-refractivity contribution in [2.75, 3.05) is 25.0 Å². The molecule has 2 nitrogen and oxygen atoms in total. The van der Waals surface area contributed by atoms with E-state index in [1.807, 2.05) is 0 Å². The second kappa shape index (κ2) is 6.95. The van der Waals surface area contributed by atoms with E-state index in [4.69, 9.17) is 0 Å². The Morgan fingerprint density at radius 3 is 2.53 bits per heavy atom. The first-order chi connectivity index (χ1) is 9.17. The molecule has 1 aliphatic heterocycles. The van der Waals surface area contributed by atoms with Crippen molar-refractivity contribution in [3.63, 3.8) is 0 Å². The van der Waals surface area contributed by atoms with Crippen LogP contribution in [-0.4, -0.2) is 30.6 Å². The van der Waals surface area contributed by atoms with Crippen molar-refractivity contribution in [1.29, 1.82) is 0 Å². The van der Waals surface area contributed by atoms with Crippen molar-refractivity contribution < 1.29 is 0 Å². The summed E-state index contributed by atoms with van der Waals surface area (Å²) in [7, 11) is 0. The van der Waals surface area contributed by atoms with Gasteiger partial charge in [0.05, 0.1) is 0 Å². The lowest BCUT2D eigenvalue weighted by Gasteiger charge is -2.20. The molecule has 2 rings (SSSR count). The van der Waals surface area contributed by atoms with Crippen LogP contribution in [0.4, 0.5) is 5.69 Å². The molecule has 1 saturated heterocycles. The van der Waals surface area contributed by atoms with Crippen molar-refractivity contribution in [2.45, 2.75) is 52.5 Å². The van der Waals surface area contributed by atoms with Crippen LogP contribution in [0.5, 0.6) is 0 Å². The molecule has 1 aromatic rings.